The quantitative estimate of drug-likeness (QED) is 0.427. The molecule has 0 fully saturated rings. The van der Waals surface area contributed by atoms with E-state index >= 15 is 0 Å². The molecule has 0 aromatic heterocycles. The molecule has 0 aliphatic rings. The van der Waals surface area contributed by atoms with E-state index in [4.69, 9.17) is 0 Å². The summed E-state index contributed by atoms with van der Waals surface area (Å²) in [5.74, 6) is -5.92. The third-order valence-corrected chi connectivity index (χ3v) is 1.50. The smallest absolute Gasteiger partial charge is 0.422 e. The van der Waals surface area contributed by atoms with Crippen molar-refractivity contribution in [2.75, 3.05) is 13.2 Å². The summed E-state index contributed by atoms with van der Waals surface area (Å²) in [6.45, 7) is 0.515. The number of ether oxygens (including phenoxy) is 2. The lowest BCUT2D eigenvalue weighted by atomic mass is 10.2. The predicted molar refractivity (Wildman–Crippen MR) is 52.4 cm³/mol. The van der Waals surface area contributed by atoms with Gasteiger partial charge in [-0.25, -0.2) is 13.6 Å². The molecule has 0 aromatic rings. The molecule has 19 heavy (non-hydrogen) atoms. The Hall–Kier alpha value is -1.67. The molecule has 0 bridgehead atoms. The molecule has 0 aliphatic heterocycles. The minimum Gasteiger partial charge on any atom is -0.456 e. The van der Waals surface area contributed by atoms with Gasteiger partial charge in [0.2, 0.25) is 0 Å². The molecule has 0 unspecified atom stereocenters. The second kappa shape index (κ2) is 6.48. The molecule has 0 saturated carbocycles. The van der Waals surface area contributed by atoms with Gasteiger partial charge < -0.3 is 9.47 Å². The predicted octanol–water partition coefficient (Wildman–Crippen LogP) is 2.24. The van der Waals surface area contributed by atoms with Crippen molar-refractivity contribution in [1.29, 1.82) is 0 Å². The summed E-state index contributed by atoms with van der Waals surface area (Å²) in [6, 6.07) is 0. The molecule has 9 heteroatoms. The van der Waals surface area contributed by atoms with Gasteiger partial charge in [-0.1, -0.05) is 6.58 Å². The summed E-state index contributed by atoms with van der Waals surface area (Å²) in [5, 5.41) is 0. The number of hydrogen-bond acceptors (Lipinski definition) is 4. The lowest BCUT2D eigenvalue weighted by molar-refractivity contribution is -0.186. The Balaban J connectivity index is 4.09. The fourth-order valence-electron chi connectivity index (χ4n) is 0.754. The molecule has 0 heterocycles. The molecule has 0 saturated heterocycles. The van der Waals surface area contributed by atoms with Crippen LogP contribution in [0.4, 0.5) is 22.0 Å². The maximum atomic E-state index is 12.3. The summed E-state index contributed by atoms with van der Waals surface area (Å²) in [5.41, 5.74) is -0.573. The van der Waals surface area contributed by atoms with E-state index in [0.29, 0.717) is 6.92 Å². The largest absolute Gasteiger partial charge is 0.456 e. The van der Waals surface area contributed by atoms with Crippen molar-refractivity contribution in [3.63, 3.8) is 0 Å². The first-order valence-corrected chi connectivity index (χ1v) is 4.86. The molecule has 4 nitrogen and oxygen atoms in total. The van der Waals surface area contributed by atoms with Crippen LogP contribution in [-0.4, -0.2) is 37.3 Å². The first kappa shape index (κ1) is 17.3. The van der Waals surface area contributed by atoms with E-state index in [1.54, 1.807) is 0 Å². The van der Waals surface area contributed by atoms with E-state index in [1.165, 1.54) is 0 Å². The number of esters is 2. The Labute approximate surface area is 105 Å². The summed E-state index contributed by atoms with van der Waals surface area (Å²) in [4.78, 5) is 21.9. The Morgan fingerprint density at radius 3 is 2.00 bits per heavy atom. The minimum atomic E-state index is -4.69. The standard InChI is InChI=1S/C10H11F5O4/c1-6(8(17)19-4-9(2,11)12)3-7(16)18-5-10(13,14)15/h1,3-5H2,2H3. The minimum absolute atomic E-state index is 0.501. The second-order valence-electron chi connectivity index (χ2n) is 3.70. The van der Waals surface area contributed by atoms with E-state index in [2.05, 4.69) is 16.1 Å². The molecule has 0 aromatic carbocycles. The lowest BCUT2D eigenvalue weighted by Crippen LogP contribution is -2.24. The highest BCUT2D eigenvalue weighted by molar-refractivity contribution is 5.93. The Morgan fingerprint density at radius 2 is 1.58 bits per heavy atom. The average molecular weight is 290 g/mol. The van der Waals surface area contributed by atoms with Gasteiger partial charge in [-0.3, -0.25) is 4.79 Å². The maximum Gasteiger partial charge on any atom is 0.422 e. The van der Waals surface area contributed by atoms with Crippen molar-refractivity contribution < 1.29 is 41.0 Å². The van der Waals surface area contributed by atoms with Crippen molar-refractivity contribution in [3.8, 4) is 0 Å². The number of alkyl halides is 5. The second-order valence-corrected chi connectivity index (χ2v) is 3.70. The molecular formula is C10H11F5O4. The van der Waals surface area contributed by atoms with E-state index < -0.39 is 49.2 Å². The van der Waals surface area contributed by atoms with Crippen LogP contribution in [0.15, 0.2) is 12.2 Å². The van der Waals surface area contributed by atoms with Crippen LogP contribution < -0.4 is 0 Å². The van der Waals surface area contributed by atoms with Crippen LogP contribution in [-0.2, 0) is 19.1 Å². The van der Waals surface area contributed by atoms with Crippen molar-refractivity contribution >= 4 is 11.9 Å². The van der Waals surface area contributed by atoms with Gasteiger partial charge in [0.15, 0.2) is 13.2 Å². The van der Waals surface area contributed by atoms with Gasteiger partial charge in [-0.2, -0.15) is 13.2 Å². The number of hydrogen-bond donors (Lipinski definition) is 0. The first-order chi connectivity index (χ1) is 8.41. The van der Waals surface area contributed by atoms with E-state index in [9.17, 15) is 31.5 Å². The van der Waals surface area contributed by atoms with Gasteiger partial charge in [0.25, 0.3) is 5.92 Å². The Kier molecular flexibility index (Phi) is 5.91. The van der Waals surface area contributed by atoms with Gasteiger partial charge in [0.1, 0.15) is 0 Å². The molecule has 0 radical (unpaired) electrons. The van der Waals surface area contributed by atoms with Crippen LogP contribution in [0.2, 0.25) is 0 Å². The van der Waals surface area contributed by atoms with Crippen LogP contribution in [0.1, 0.15) is 13.3 Å². The number of carbonyl (C=O) groups is 2. The fourth-order valence-corrected chi connectivity index (χ4v) is 0.754. The maximum absolute atomic E-state index is 12.3. The molecule has 110 valence electrons. The molecule has 0 rings (SSSR count). The topological polar surface area (TPSA) is 52.6 Å². The van der Waals surface area contributed by atoms with Crippen LogP contribution in [0.5, 0.6) is 0 Å². The van der Waals surface area contributed by atoms with Crippen molar-refractivity contribution in [2.24, 2.45) is 0 Å². The van der Waals surface area contributed by atoms with Crippen molar-refractivity contribution in [2.45, 2.75) is 25.4 Å². The number of rotatable bonds is 6. The highest BCUT2D eigenvalue weighted by Crippen LogP contribution is 2.16. The van der Waals surface area contributed by atoms with Gasteiger partial charge in [-0.05, 0) is 0 Å². The summed E-state index contributed by atoms with van der Waals surface area (Å²) in [6.07, 6.45) is -5.56. The first-order valence-electron chi connectivity index (χ1n) is 4.86. The lowest BCUT2D eigenvalue weighted by Gasteiger charge is -2.12. The van der Waals surface area contributed by atoms with Gasteiger partial charge in [0.05, 0.1) is 6.42 Å². The van der Waals surface area contributed by atoms with Crippen LogP contribution in [0.3, 0.4) is 0 Å². The average Bonchev–Trinajstić information content (AvgIpc) is 2.21. The van der Waals surface area contributed by atoms with Crippen LogP contribution >= 0.6 is 0 Å². The number of carbonyl (C=O) groups excluding carboxylic acids is 2. The zero-order valence-corrected chi connectivity index (χ0v) is 9.85. The molecule has 0 amide bonds. The highest BCUT2D eigenvalue weighted by atomic mass is 19.4. The summed E-state index contributed by atoms with van der Waals surface area (Å²) >= 11 is 0. The fraction of sp³-hybridized carbons (Fsp3) is 0.600. The molecular weight excluding hydrogens is 279 g/mol. The number of halogens is 5. The summed E-state index contributed by atoms with van der Waals surface area (Å²) in [7, 11) is 0. The Morgan fingerprint density at radius 1 is 1.05 bits per heavy atom. The van der Waals surface area contributed by atoms with Crippen molar-refractivity contribution in [1.82, 2.24) is 0 Å². The third kappa shape index (κ3) is 9.98. The summed E-state index contributed by atoms with van der Waals surface area (Å²) < 4.78 is 67.6. The molecule has 0 N–H and O–H groups in total. The van der Waals surface area contributed by atoms with Crippen LogP contribution in [0.25, 0.3) is 0 Å². The molecule has 0 atom stereocenters. The third-order valence-electron chi connectivity index (χ3n) is 1.50. The molecule has 0 aliphatic carbocycles. The van der Waals surface area contributed by atoms with Gasteiger partial charge >= 0.3 is 18.1 Å². The van der Waals surface area contributed by atoms with Crippen molar-refractivity contribution in [3.05, 3.63) is 12.2 Å². The van der Waals surface area contributed by atoms with Gasteiger partial charge in [-0.15, -0.1) is 0 Å². The zero-order chi connectivity index (χ0) is 15.3. The highest BCUT2D eigenvalue weighted by Gasteiger charge is 2.30. The van der Waals surface area contributed by atoms with E-state index in [-0.39, 0.29) is 0 Å². The van der Waals surface area contributed by atoms with E-state index in [1.807, 2.05) is 0 Å². The van der Waals surface area contributed by atoms with Gasteiger partial charge in [0, 0.05) is 12.5 Å². The Bertz CT molecular complexity index is 356. The zero-order valence-electron chi connectivity index (χ0n) is 9.85. The monoisotopic (exact) mass is 290 g/mol. The van der Waals surface area contributed by atoms with E-state index in [0.717, 1.165) is 0 Å². The normalized spacial score (nSPS) is 11.9. The SMILES string of the molecule is C=C(CC(=O)OCC(F)(F)F)C(=O)OCC(C)(F)F. The van der Waals surface area contributed by atoms with Crippen LogP contribution in [0, 0.1) is 0 Å². The molecule has 0 spiro atoms.